The molecule has 0 saturated heterocycles. The molecule has 148 valence electrons. The Labute approximate surface area is 164 Å². The van der Waals surface area contributed by atoms with Crippen LogP contribution in [-0.2, 0) is 11.2 Å². The second-order valence-corrected chi connectivity index (χ2v) is 6.83. The summed E-state index contributed by atoms with van der Waals surface area (Å²) in [5, 5.41) is 17.1. The van der Waals surface area contributed by atoms with E-state index in [4.69, 9.17) is 5.11 Å². The summed E-state index contributed by atoms with van der Waals surface area (Å²) in [5.74, 6) is -1.02. The van der Waals surface area contributed by atoms with Crippen LogP contribution in [0.15, 0.2) is 42.5 Å². The first-order valence-electron chi connectivity index (χ1n) is 9.05. The van der Waals surface area contributed by atoms with Crippen LogP contribution in [0.2, 0.25) is 0 Å². The number of aryl methyl sites for hydroxylation is 2. The van der Waals surface area contributed by atoms with Crippen LogP contribution < -0.4 is 16.0 Å². The Morgan fingerprint density at radius 1 is 1.04 bits per heavy atom. The number of amides is 3. The van der Waals surface area contributed by atoms with Crippen molar-refractivity contribution in [3.63, 3.8) is 0 Å². The van der Waals surface area contributed by atoms with E-state index in [0.29, 0.717) is 23.4 Å². The fourth-order valence-electron chi connectivity index (χ4n) is 2.63. The standard InChI is InChI=1S/C21H25N3O4/c1-13(2)22-20(27)16-8-9-18(14(3)11-16)24-21(28)23-17-6-4-5-15(12-17)7-10-19(25)26/h4-6,8-9,11-13H,7,10H2,1-3H3,(H,22,27)(H,25,26)(H2,23,24,28). The number of hydrogen-bond acceptors (Lipinski definition) is 3. The molecule has 0 saturated carbocycles. The van der Waals surface area contributed by atoms with Crippen LogP contribution in [0.1, 0.15) is 41.8 Å². The molecule has 7 nitrogen and oxygen atoms in total. The lowest BCUT2D eigenvalue weighted by atomic mass is 10.1. The number of rotatable bonds is 7. The number of carbonyl (C=O) groups excluding carboxylic acids is 2. The highest BCUT2D eigenvalue weighted by atomic mass is 16.4. The summed E-state index contributed by atoms with van der Waals surface area (Å²) in [7, 11) is 0. The van der Waals surface area contributed by atoms with Gasteiger partial charge in [0.1, 0.15) is 0 Å². The third-order valence-electron chi connectivity index (χ3n) is 3.97. The molecule has 0 fully saturated rings. The lowest BCUT2D eigenvalue weighted by Crippen LogP contribution is -2.30. The van der Waals surface area contributed by atoms with Crippen LogP contribution in [0.3, 0.4) is 0 Å². The second-order valence-electron chi connectivity index (χ2n) is 6.83. The van der Waals surface area contributed by atoms with Crippen molar-refractivity contribution < 1.29 is 19.5 Å². The predicted molar refractivity (Wildman–Crippen MR) is 109 cm³/mol. The number of hydrogen-bond donors (Lipinski definition) is 4. The van der Waals surface area contributed by atoms with E-state index in [9.17, 15) is 14.4 Å². The highest BCUT2D eigenvalue weighted by Gasteiger charge is 2.11. The van der Waals surface area contributed by atoms with Gasteiger partial charge < -0.3 is 21.1 Å². The van der Waals surface area contributed by atoms with Crippen molar-refractivity contribution in [1.29, 1.82) is 0 Å². The summed E-state index contributed by atoms with van der Waals surface area (Å²) in [4.78, 5) is 35.0. The van der Waals surface area contributed by atoms with Gasteiger partial charge in [0.2, 0.25) is 0 Å². The van der Waals surface area contributed by atoms with Crippen molar-refractivity contribution in [3.8, 4) is 0 Å². The summed E-state index contributed by atoms with van der Waals surface area (Å²) >= 11 is 0. The molecule has 0 aliphatic rings. The molecule has 0 aliphatic heterocycles. The quantitative estimate of drug-likeness (QED) is 0.583. The molecule has 0 heterocycles. The van der Waals surface area contributed by atoms with Gasteiger partial charge >= 0.3 is 12.0 Å². The molecule has 0 bridgehead atoms. The minimum absolute atomic E-state index is 0.0333. The summed E-state index contributed by atoms with van der Waals surface area (Å²) < 4.78 is 0. The Morgan fingerprint density at radius 2 is 1.79 bits per heavy atom. The average Bonchev–Trinajstić information content (AvgIpc) is 2.61. The molecule has 2 aromatic rings. The zero-order valence-electron chi connectivity index (χ0n) is 16.2. The van der Waals surface area contributed by atoms with Crippen LogP contribution in [0.4, 0.5) is 16.2 Å². The first-order valence-corrected chi connectivity index (χ1v) is 9.05. The van der Waals surface area contributed by atoms with Crippen LogP contribution >= 0.6 is 0 Å². The molecule has 7 heteroatoms. The van der Waals surface area contributed by atoms with Gasteiger partial charge in [-0.05, 0) is 68.7 Å². The largest absolute Gasteiger partial charge is 0.481 e. The van der Waals surface area contributed by atoms with E-state index in [1.54, 1.807) is 36.4 Å². The fraction of sp³-hybridized carbons (Fsp3) is 0.286. The number of anilines is 2. The SMILES string of the molecule is Cc1cc(C(=O)NC(C)C)ccc1NC(=O)Nc1cccc(CCC(=O)O)c1. The third kappa shape index (κ3) is 6.42. The molecule has 2 rings (SSSR count). The van der Waals surface area contributed by atoms with Crippen molar-refractivity contribution in [2.75, 3.05) is 10.6 Å². The maximum atomic E-state index is 12.3. The number of nitrogens with one attached hydrogen (secondary N) is 3. The zero-order valence-corrected chi connectivity index (χ0v) is 16.2. The van der Waals surface area contributed by atoms with E-state index in [1.165, 1.54) is 0 Å². The van der Waals surface area contributed by atoms with Crippen LogP contribution in [-0.4, -0.2) is 29.1 Å². The van der Waals surface area contributed by atoms with Gasteiger partial charge in [-0.15, -0.1) is 0 Å². The van der Waals surface area contributed by atoms with E-state index < -0.39 is 12.0 Å². The zero-order chi connectivity index (χ0) is 20.7. The number of urea groups is 1. The summed E-state index contributed by atoms with van der Waals surface area (Å²) in [6.45, 7) is 5.59. The Hall–Kier alpha value is -3.35. The molecular weight excluding hydrogens is 358 g/mol. The molecule has 3 amide bonds. The first-order chi connectivity index (χ1) is 13.2. The predicted octanol–water partition coefficient (Wildman–Crippen LogP) is 3.79. The summed E-state index contributed by atoms with van der Waals surface area (Å²) in [6.07, 6.45) is 0.428. The van der Waals surface area contributed by atoms with Gasteiger partial charge in [-0.2, -0.15) is 0 Å². The average molecular weight is 383 g/mol. The Morgan fingerprint density at radius 3 is 2.43 bits per heavy atom. The molecule has 28 heavy (non-hydrogen) atoms. The number of benzene rings is 2. The van der Waals surface area contributed by atoms with Gasteiger partial charge in [-0.25, -0.2) is 4.79 Å². The fourth-order valence-corrected chi connectivity index (χ4v) is 2.63. The van der Waals surface area contributed by atoms with Gasteiger partial charge in [0.05, 0.1) is 0 Å². The van der Waals surface area contributed by atoms with Gasteiger partial charge in [0, 0.05) is 29.4 Å². The van der Waals surface area contributed by atoms with Crippen LogP contribution in [0.25, 0.3) is 0 Å². The maximum absolute atomic E-state index is 12.3. The van der Waals surface area contributed by atoms with Crippen molar-refractivity contribution in [2.24, 2.45) is 0 Å². The van der Waals surface area contributed by atoms with Gasteiger partial charge in [-0.3, -0.25) is 9.59 Å². The molecule has 0 radical (unpaired) electrons. The van der Waals surface area contributed by atoms with E-state index >= 15 is 0 Å². The summed E-state index contributed by atoms with van der Waals surface area (Å²) in [6, 6.07) is 11.8. The Bertz CT molecular complexity index is 878. The van der Waals surface area contributed by atoms with Gasteiger partial charge in [0.15, 0.2) is 0 Å². The molecule has 0 aromatic heterocycles. The minimum Gasteiger partial charge on any atom is -0.481 e. The van der Waals surface area contributed by atoms with Crippen LogP contribution in [0, 0.1) is 6.92 Å². The van der Waals surface area contributed by atoms with E-state index in [-0.39, 0.29) is 18.4 Å². The highest BCUT2D eigenvalue weighted by Crippen LogP contribution is 2.18. The third-order valence-corrected chi connectivity index (χ3v) is 3.97. The minimum atomic E-state index is -0.864. The molecule has 4 N–H and O–H groups in total. The topological polar surface area (TPSA) is 108 Å². The van der Waals surface area contributed by atoms with Crippen LogP contribution in [0.5, 0.6) is 0 Å². The van der Waals surface area contributed by atoms with Crippen molar-refractivity contribution in [3.05, 3.63) is 59.2 Å². The molecule has 0 unspecified atom stereocenters. The molecule has 0 atom stereocenters. The number of carboxylic acids is 1. The molecule has 0 aliphatic carbocycles. The Balaban J connectivity index is 2.00. The monoisotopic (exact) mass is 383 g/mol. The lowest BCUT2D eigenvalue weighted by Gasteiger charge is -2.13. The normalized spacial score (nSPS) is 10.4. The van der Waals surface area contributed by atoms with Gasteiger partial charge in [-0.1, -0.05) is 12.1 Å². The highest BCUT2D eigenvalue weighted by molar-refractivity contribution is 6.01. The Kier molecular flexibility index (Phi) is 7.14. The number of carbonyl (C=O) groups is 3. The van der Waals surface area contributed by atoms with Crippen molar-refractivity contribution in [1.82, 2.24) is 5.32 Å². The number of carboxylic acid groups (broad SMARTS) is 1. The van der Waals surface area contributed by atoms with E-state index in [0.717, 1.165) is 11.1 Å². The molecular formula is C21H25N3O4. The maximum Gasteiger partial charge on any atom is 0.323 e. The lowest BCUT2D eigenvalue weighted by molar-refractivity contribution is -0.136. The van der Waals surface area contributed by atoms with Crippen molar-refractivity contribution in [2.45, 2.75) is 39.7 Å². The van der Waals surface area contributed by atoms with Crippen molar-refractivity contribution >= 4 is 29.3 Å². The smallest absolute Gasteiger partial charge is 0.323 e. The van der Waals surface area contributed by atoms with Gasteiger partial charge in [0.25, 0.3) is 5.91 Å². The molecule has 2 aromatic carbocycles. The number of aliphatic carboxylic acids is 1. The second kappa shape index (κ2) is 9.55. The van der Waals surface area contributed by atoms with E-state index in [2.05, 4.69) is 16.0 Å². The first kappa shape index (κ1) is 21.0. The summed E-state index contributed by atoms with van der Waals surface area (Å²) in [5.41, 5.74) is 3.30. The van der Waals surface area contributed by atoms with E-state index in [1.807, 2.05) is 26.8 Å². The molecule has 0 spiro atoms.